The molecule has 21 heavy (non-hydrogen) atoms. The molecule has 0 spiro atoms. The van der Waals surface area contributed by atoms with Crippen molar-refractivity contribution in [1.82, 2.24) is 10.2 Å². The largest absolute Gasteiger partial charge is 0.448 e. The van der Waals surface area contributed by atoms with E-state index in [0.717, 1.165) is 44.5 Å². The molecule has 0 bridgehead atoms. The maximum Gasteiger partial charge on any atom is 0.225 e. The highest BCUT2D eigenvalue weighted by molar-refractivity contribution is 6.28. The average Bonchev–Trinajstić information content (AvgIpc) is 3.27. The third-order valence-electron chi connectivity index (χ3n) is 4.66. The van der Waals surface area contributed by atoms with E-state index in [1.54, 1.807) is 6.07 Å². The van der Waals surface area contributed by atoms with Crippen molar-refractivity contribution in [2.24, 2.45) is 11.8 Å². The summed E-state index contributed by atoms with van der Waals surface area (Å²) in [6.45, 7) is 4.67. The molecule has 1 aromatic rings. The van der Waals surface area contributed by atoms with E-state index >= 15 is 0 Å². The molecule has 1 saturated heterocycles. The number of carbonyl (C=O) groups excluding carboxylic acids is 1. The van der Waals surface area contributed by atoms with Gasteiger partial charge in [-0.05, 0) is 48.9 Å². The summed E-state index contributed by atoms with van der Waals surface area (Å²) in [7, 11) is 0. The molecule has 1 saturated carbocycles. The number of furan rings is 1. The van der Waals surface area contributed by atoms with Crippen molar-refractivity contribution in [3.05, 3.63) is 23.1 Å². The van der Waals surface area contributed by atoms with E-state index in [1.807, 2.05) is 6.07 Å². The number of likely N-dealkylation sites (tertiary alicyclic amines) is 1. The normalized spacial score (nSPS) is 26.1. The van der Waals surface area contributed by atoms with E-state index in [-0.39, 0.29) is 0 Å². The van der Waals surface area contributed by atoms with Crippen molar-refractivity contribution in [3.8, 4) is 0 Å². The molecular formula is C16H23ClN2O2. The Bertz CT molecular complexity index is 498. The monoisotopic (exact) mass is 310 g/mol. The predicted octanol–water partition coefficient (Wildman–Crippen LogP) is 3.06. The Morgan fingerprint density at radius 3 is 2.86 bits per heavy atom. The van der Waals surface area contributed by atoms with Crippen LogP contribution in [0.5, 0.6) is 0 Å². The minimum absolute atomic E-state index is 0.331. The first-order valence-corrected chi connectivity index (χ1v) is 8.31. The molecule has 2 unspecified atom stereocenters. The lowest BCUT2D eigenvalue weighted by Gasteiger charge is -2.39. The third kappa shape index (κ3) is 3.61. The van der Waals surface area contributed by atoms with Crippen LogP contribution < -0.4 is 5.32 Å². The van der Waals surface area contributed by atoms with Crippen LogP contribution in [0, 0.1) is 11.8 Å². The SMILES string of the molecule is CCC1CN(C(=O)C2CC2)CCC1NCc1ccc(Cl)o1. The predicted molar refractivity (Wildman–Crippen MR) is 82.0 cm³/mol. The number of halogens is 1. The van der Waals surface area contributed by atoms with E-state index in [4.69, 9.17) is 16.0 Å². The van der Waals surface area contributed by atoms with Gasteiger partial charge in [0.25, 0.3) is 0 Å². The van der Waals surface area contributed by atoms with Crippen molar-refractivity contribution < 1.29 is 9.21 Å². The van der Waals surface area contributed by atoms with Crippen molar-refractivity contribution in [2.75, 3.05) is 13.1 Å². The molecule has 2 fully saturated rings. The Labute approximate surface area is 130 Å². The van der Waals surface area contributed by atoms with Gasteiger partial charge in [-0.25, -0.2) is 0 Å². The molecule has 2 aliphatic rings. The zero-order chi connectivity index (χ0) is 14.8. The zero-order valence-electron chi connectivity index (χ0n) is 12.5. The van der Waals surface area contributed by atoms with Crippen molar-refractivity contribution in [2.45, 2.75) is 45.2 Å². The van der Waals surface area contributed by atoms with Gasteiger partial charge in [-0.1, -0.05) is 13.3 Å². The van der Waals surface area contributed by atoms with Crippen LogP contribution in [0.1, 0.15) is 38.4 Å². The molecule has 2 atom stereocenters. The molecule has 0 aromatic carbocycles. The first-order valence-electron chi connectivity index (χ1n) is 7.93. The highest BCUT2D eigenvalue weighted by Gasteiger charge is 2.37. The van der Waals surface area contributed by atoms with Crippen LogP contribution in [-0.2, 0) is 11.3 Å². The second kappa shape index (κ2) is 6.41. The maximum atomic E-state index is 12.2. The summed E-state index contributed by atoms with van der Waals surface area (Å²) in [4.78, 5) is 14.3. The molecule has 3 rings (SSSR count). The molecule has 116 valence electrons. The summed E-state index contributed by atoms with van der Waals surface area (Å²) in [6.07, 6.45) is 4.29. The van der Waals surface area contributed by atoms with Gasteiger partial charge in [-0.2, -0.15) is 0 Å². The van der Waals surface area contributed by atoms with E-state index < -0.39 is 0 Å². The summed E-state index contributed by atoms with van der Waals surface area (Å²) < 4.78 is 5.38. The summed E-state index contributed by atoms with van der Waals surface area (Å²) in [6, 6.07) is 4.12. The van der Waals surface area contributed by atoms with Gasteiger partial charge in [-0.3, -0.25) is 4.79 Å². The highest BCUT2D eigenvalue weighted by Crippen LogP contribution is 2.33. The van der Waals surface area contributed by atoms with Gasteiger partial charge in [0.1, 0.15) is 5.76 Å². The number of nitrogens with one attached hydrogen (secondary N) is 1. The molecule has 1 N–H and O–H groups in total. The molecular weight excluding hydrogens is 288 g/mol. The summed E-state index contributed by atoms with van der Waals surface area (Å²) >= 11 is 5.79. The van der Waals surface area contributed by atoms with Gasteiger partial charge in [0.2, 0.25) is 5.91 Å². The molecule has 2 heterocycles. The van der Waals surface area contributed by atoms with Gasteiger partial charge < -0.3 is 14.6 Å². The second-order valence-electron chi connectivity index (χ2n) is 6.21. The standard InChI is InChI=1S/C16H23ClN2O2/c1-2-11-10-19(16(20)12-3-4-12)8-7-14(11)18-9-13-5-6-15(17)21-13/h5-6,11-12,14,18H,2-4,7-10H2,1H3. The molecule has 0 radical (unpaired) electrons. The lowest BCUT2D eigenvalue weighted by molar-refractivity contribution is -0.134. The second-order valence-corrected chi connectivity index (χ2v) is 6.58. The molecule has 1 aliphatic carbocycles. The fourth-order valence-electron chi connectivity index (χ4n) is 3.18. The van der Waals surface area contributed by atoms with Gasteiger partial charge in [0, 0.05) is 25.0 Å². The average molecular weight is 311 g/mol. The van der Waals surface area contributed by atoms with E-state index in [1.165, 1.54) is 0 Å². The number of carbonyl (C=O) groups is 1. The minimum Gasteiger partial charge on any atom is -0.448 e. The van der Waals surface area contributed by atoms with Crippen LogP contribution in [0.25, 0.3) is 0 Å². The topological polar surface area (TPSA) is 45.5 Å². The summed E-state index contributed by atoms with van der Waals surface area (Å²) in [5.41, 5.74) is 0. The van der Waals surface area contributed by atoms with Crippen LogP contribution in [0.15, 0.2) is 16.5 Å². The van der Waals surface area contributed by atoms with Crippen LogP contribution in [0.3, 0.4) is 0 Å². The molecule has 5 heteroatoms. The fourth-order valence-corrected chi connectivity index (χ4v) is 3.34. The van der Waals surface area contributed by atoms with E-state index in [0.29, 0.717) is 35.5 Å². The Morgan fingerprint density at radius 2 is 2.24 bits per heavy atom. The minimum atomic E-state index is 0.331. The van der Waals surface area contributed by atoms with Crippen LogP contribution in [0.2, 0.25) is 5.22 Å². The first kappa shape index (κ1) is 14.9. The van der Waals surface area contributed by atoms with Gasteiger partial charge in [0.05, 0.1) is 6.54 Å². The fraction of sp³-hybridized carbons (Fsp3) is 0.688. The number of rotatable bonds is 5. The van der Waals surface area contributed by atoms with Crippen molar-refractivity contribution in [1.29, 1.82) is 0 Å². The lowest BCUT2D eigenvalue weighted by atomic mass is 9.89. The lowest BCUT2D eigenvalue weighted by Crippen LogP contribution is -2.51. The van der Waals surface area contributed by atoms with Crippen molar-refractivity contribution in [3.63, 3.8) is 0 Å². The first-order chi connectivity index (χ1) is 10.2. The van der Waals surface area contributed by atoms with E-state index in [9.17, 15) is 4.79 Å². The third-order valence-corrected chi connectivity index (χ3v) is 4.87. The number of nitrogens with zero attached hydrogens (tertiary/aromatic N) is 1. The maximum absolute atomic E-state index is 12.2. The highest BCUT2D eigenvalue weighted by atomic mass is 35.5. The van der Waals surface area contributed by atoms with Crippen LogP contribution in [-0.4, -0.2) is 29.9 Å². The summed E-state index contributed by atoms with van der Waals surface area (Å²) in [5, 5.41) is 4.00. The van der Waals surface area contributed by atoms with Gasteiger partial charge in [-0.15, -0.1) is 0 Å². The number of hydrogen-bond acceptors (Lipinski definition) is 3. The van der Waals surface area contributed by atoms with Crippen LogP contribution in [0.4, 0.5) is 0 Å². The number of amides is 1. The Kier molecular flexibility index (Phi) is 4.55. The molecule has 1 aromatic heterocycles. The van der Waals surface area contributed by atoms with Crippen molar-refractivity contribution >= 4 is 17.5 Å². The Morgan fingerprint density at radius 1 is 1.43 bits per heavy atom. The summed E-state index contributed by atoms with van der Waals surface area (Å²) in [5.74, 6) is 2.10. The van der Waals surface area contributed by atoms with Gasteiger partial charge in [0.15, 0.2) is 5.22 Å². The quantitative estimate of drug-likeness (QED) is 0.909. The molecule has 1 amide bonds. The van der Waals surface area contributed by atoms with E-state index in [2.05, 4.69) is 17.1 Å². The molecule has 1 aliphatic heterocycles. The number of piperidine rings is 1. The van der Waals surface area contributed by atoms with Crippen LogP contribution >= 0.6 is 11.6 Å². The van der Waals surface area contributed by atoms with Gasteiger partial charge >= 0.3 is 0 Å². The smallest absolute Gasteiger partial charge is 0.225 e. The Hall–Kier alpha value is -1.00. The number of hydrogen-bond donors (Lipinski definition) is 1. The molecule has 4 nitrogen and oxygen atoms in total. The zero-order valence-corrected chi connectivity index (χ0v) is 13.2. The Balaban J connectivity index is 1.52.